The maximum atomic E-state index is 3.72. The molecule has 0 aromatic heterocycles. The quantitative estimate of drug-likeness (QED) is 0.647. The Morgan fingerprint density at radius 1 is 0.867 bits per heavy atom. The fourth-order valence-electron chi connectivity index (χ4n) is 3.71. The van der Waals surface area contributed by atoms with Gasteiger partial charge in [-0.05, 0) is 44.4 Å². The topological polar surface area (TPSA) is 12.0 Å². The Bertz CT molecular complexity index is 236. The summed E-state index contributed by atoms with van der Waals surface area (Å²) in [5.41, 5.74) is 1.79. The second kappa shape index (κ2) is 4.29. The lowest BCUT2D eigenvalue weighted by Gasteiger charge is -2.26. The fourth-order valence-corrected chi connectivity index (χ4v) is 3.71. The maximum absolute atomic E-state index is 3.72. The molecule has 1 saturated carbocycles. The molecule has 0 aromatic carbocycles. The van der Waals surface area contributed by atoms with Gasteiger partial charge in [0.1, 0.15) is 0 Å². The van der Waals surface area contributed by atoms with Gasteiger partial charge in [-0.3, -0.25) is 0 Å². The van der Waals surface area contributed by atoms with Gasteiger partial charge in [-0.15, -0.1) is 0 Å². The summed E-state index contributed by atoms with van der Waals surface area (Å²) in [7, 11) is 0. The van der Waals surface area contributed by atoms with E-state index in [1.165, 1.54) is 57.8 Å². The smallest absolute Gasteiger partial charge is 0.0107 e. The van der Waals surface area contributed by atoms with Crippen LogP contribution >= 0.6 is 0 Å². The zero-order valence-corrected chi connectivity index (χ0v) is 9.67. The van der Waals surface area contributed by atoms with Crippen molar-refractivity contribution in [2.24, 2.45) is 5.92 Å². The van der Waals surface area contributed by atoms with Gasteiger partial charge in [0.15, 0.2) is 0 Å². The van der Waals surface area contributed by atoms with Gasteiger partial charge < -0.3 is 5.32 Å². The van der Waals surface area contributed by atoms with Crippen LogP contribution in [0.4, 0.5) is 0 Å². The van der Waals surface area contributed by atoms with Crippen molar-refractivity contribution in [2.45, 2.75) is 69.9 Å². The monoisotopic (exact) mass is 205 g/mol. The molecule has 0 spiro atoms. The molecule has 15 heavy (non-hydrogen) atoms. The van der Waals surface area contributed by atoms with Crippen molar-refractivity contribution in [3.63, 3.8) is 0 Å². The number of fused-ring (bicyclic) bond motifs is 2. The van der Waals surface area contributed by atoms with Gasteiger partial charge in [0.2, 0.25) is 0 Å². The summed E-state index contributed by atoms with van der Waals surface area (Å²) < 4.78 is 0. The van der Waals surface area contributed by atoms with Crippen LogP contribution in [0.5, 0.6) is 0 Å². The van der Waals surface area contributed by atoms with E-state index in [-0.39, 0.29) is 0 Å². The van der Waals surface area contributed by atoms with Gasteiger partial charge in [-0.1, -0.05) is 30.9 Å². The van der Waals surface area contributed by atoms with Crippen molar-refractivity contribution in [1.29, 1.82) is 0 Å². The number of nitrogens with one attached hydrogen (secondary N) is 1. The first-order chi connectivity index (χ1) is 7.40. The van der Waals surface area contributed by atoms with Crippen molar-refractivity contribution < 1.29 is 0 Å². The molecule has 2 bridgehead atoms. The van der Waals surface area contributed by atoms with Crippen LogP contribution in [0.25, 0.3) is 0 Å². The summed E-state index contributed by atoms with van der Waals surface area (Å²) >= 11 is 0. The molecule has 1 heteroatoms. The molecule has 0 aromatic rings. The Labute approximate surface area is 93.3 Å². The molecule has 84 valence electrons. The average Bonchev–Trinajstić information content (AvgIpc) is 2.60. The number of rotatable bonds is 1. The highest BCUT2D eigenvalue weighted by molar-refractivity contribution is 5.14. The van der Waals surface area contributed by atoms with E-state index in [4.69, 9.17) is 0 Å². The second-order valence-corrected chi connectivity index (χ2v) is 5.77. The van der Waals surface area contributed by atoms with E-state index in [0.29, 0.717) is 0 Å². The predicted molar refractivity (Wildman–Crippen MR) is 63.8 cm³/mol. The predicted octanol–water partition coefficient (Wildman–Crippen LogP) is 3.41. The van der Waals surface area contributed by atoms with E-state index in [1.807, 2.05) is 0 Å². The van der Waals surface area contributed by atoms with Gasteiger partial charge in [-0.25, -0.2) is 0 Å². The van der Waals surface area contributed by atoms with E-state index in [2.05, 4.69) is 11.4 Å². The fraction of sp³-hybridized carbons (Fsp3) is 0.857. The molecule has 2 atom stereocenters. The van der Waals surface area contributed by atoms with Gasteiger partial charge in [-0.2, -0.15) is 0 Å². The second-order valence-electron chi connectivity index (χ2n) is 5.77. The van der Waals surface area contributed by atoms with E-state index >= 15 is 0 Å². The van der Waals surface area contributed by atoms with Crippen LogP contribution in [-0.2, 0) is 0 Å². The Morgan fingerprint density at radius 2 is 1.53 bits per heavy atom. The lowest BCUT2D eigenvalue weighted by Crippen LogP contribution is -2.34. The molecule has 1 nitrogen and oxygen atoms in total. The minimum atomic E-state index is 0.832. The lowest BCUT2D eigenvalue weighted by atomic mass is 9.85. The zero-order chi connectivity index (χ0) is 10.1. The molecule has 3 rings (SSSR count). The molecule has 1 N–H and O–H groups in total. The van der Waals surface area contributed by atoms with Crippen molar-refractivity contribution in [3.8, 4) is 0 Å². The van der Waals surface area contributed by atoms with E-state index < -0.39 is 0 Å². The first-order valence-electron chi connectivity index (χ1n) is 6.86. The van der Waals surface area contributed by atoms with Gasteiger partial charge in [0.25, 0.3) is 0 Å². The van der Waals surface area contributed by atoms with Crippen LogP contribution in [0, 0.1) is 5.92 Å². The zero-order valence-electron chi connectivity index (χ0n) is 9.67. The lowest BCUT2D eigenvalue weighted by molar-refractivity contribution is 0.409. The highest BCUT2D eigenvalue weighted by atomic mass is 15.0. The highest BCUT2D eigenvalue weighted by Gasteiger charge is 2.30. The van der Waals surface area contributed by atoms with Crippen LogP contribution < -0.4 is 5.32 Å². The van der Waals surface area contributed by atoms with Crippen molar-refractivity contribution in [1.82, 2.24) is 5.32 Å². The molecule has 2 aliphatic heterocycles. The number of hydrogen-bond donors (Lipinski definition) is 1. The molecule has 3 aliphatic rings. The van der Waals surface area contributed by atoms with Crippen LogP contribution in [0.2, 0.25) is 0 Å². The standard InChI is InChI=1S/C14H23N/c1-2-4-11(5-3-1)8-12-9-13-6-7-14(10-12)15-13/h8,11,13-15H,1-7,9-10H2. The summed E-state index contributed by atoms with van der Waals surface area (Å²) in [5.74, 6) is 0.936. The maximum Gasteiger partial charge on any atom is 0.0107 e. The van der Waals surface area contributed by atoms with E-state index in [9.17, 15) is 0 Å². The summed E-state index contributed by atoms with van der Waals surface area (Å²) in [6.07, 6.45) is 15.6. The average molecular weight is 205 g/mol. The van der Waals surface area contributed by atoms with Crippen LogP contribution in [-0.4, -0.2) is 12.1 Å². The van der Waals surface area contributed by atoms with Crippen molar-refractivity contribution in [2.75, 3.05) is 0 Å². The summed E-state index contributed by atoms with van der Waals surface area (Å²) in [4.78, 5) is 0. The molecular formula is C14H23N. The Kier molecular flexibility index (Phi) is 2.83. The van der Waals surface area contributed by atoms with Gasteiger partial charge in [0.05, 0.1) is 0 Å². The van der Waals surface area contributed by atoms with Gasteiger partial charge in [0, 0.05) is 12.1 Å². The van der Waals surface area contributed by atoms with Crippen molar-refractivity contribution >= 4 is 0 Å². The number of piperidine rings is 1. The molecule has 2 saturated heterocycles. The minimum absolute atomic E-state index is 0.832. The van der Waals surface area contributed by atoms with Crippen molar-refractivity contribution in [3.05, 3.63) is 11.6 Å². The number of allylic oxidation sites excluding steroid dienone is 1. The van der Waals surface area contributed by atoms with Crippen LogP contribution in [0.1, 0.15) is 57.8 Å². The summed E-state index contributed by atoms with van der Waals surface area (Å²) in [5, 5.41) is 3.72. The Morgan fingerprint density at radius 3 is 2.20 bits per heavy atom. The molecule has 2 unspecified atom stereocenters. The normalized spacial score (nSPS) is 36.9. The van der Waals surface area contributed by atoms with Crippen LogP contribution in [0.3, 0.4) is 0 Å². The SMILES string of the molecule is C(=C1CC2CCC(C1)N2)C1CCCCC1. The first kappa shape index (κ1) is 9.89. The molecule has 0 amide bonds. The molecule has 3 fully saturated rings. The van der Waals surface area contributed by atoms with E-state index in [1.54, 1.807) is 5.57 Å². The highest BCUT2D eigenvalue weighted by Crippen LogP contribution is 2.33. The Balaban J connectivity index is 1.63. The van der Waals surface area contributed by atoms with Gasteiger partial charge >= 0.3 is 0 Å². The summed E-state index contributed by atoms with van der Waals surface area (Å²) in [6, 6.07) is 1.66. The molecular weight excluding hydrogens is 182 g/mol. The summed E-state index contributed by atoms with van der Waals surface area (Å²) in [6.45, 7) is 0. The minimum Gasteiger partial charge on any atom is -0.311 e. The van der Waals surface area contributed by atoms with Crippen LogP contribution in [0.15, 0.2) is 11.6 Å². The molecule has 2 heterocycles. The van der Waals surface area contributed by atoms with E-state index in [0.717, 1.165) is 18.0 Å². The molecule has 1 aliphatic carbocycles. The molecule has 0 radical (unpaired) electrons. The third kappa shape index (κ3) is 2.28. The largest absolute Gasteiger partial charge is 0.311 e. The third-order valence-corrected chi connectivity index (χ3v) is 4.47. The number of hydrogen-bond acceptors (Lipinski definition) is 1. The Hall–Kier alpha value is -0.300. The third-order valence-electron chi connectivity index (χ3n) is 4.47. The first-order valence-corrected chi connectivity index (χ1v) is 6.86.